The Bertz CT molecular complexity index is 3130. The van der Waals surface area contributed by atoms with E-state index in [1.165, 1.54) is 62.2 Å². The van der Waals surface area contributed by atoms with Gasteiger partial charge in [0.05, 0.1) is 22.4 Å². The van der Waals surface area contributed by atoms with Crippen molar-refractivity contribution in [2.24, 2.45) is 0 Å². The summed E-state index contributed by atoms with van der Waals surface area (Å²) in [5, 5.41) is 7.77. The Kier molecular flexibility index (Phi) is 6.29. The van der Waals surface area contributed by atoms with Crippen molar-refractivity contribution in [3.63, 3.8) is 0 Å². The summed E-state index contributed by atoms with van der Waals surface area (Å²) in [6, 6.07) is 58.6. The molecule has 0 radical (unpaired) electrons. The van der Waals surface area contributed by atoms with Crippen LogP contribution in [0.15, 0.2) is 164 Å². The van der Waals surface area contributed by atoms with Gasteiger partial charge in [0.15, 0.2) is 5.82 Å². The van der Waals surface area contributed by atoms with Crippen LogP contribution in [0.1, 0.15) is 0 Å². The lowest BCUT2D eigenvalue weighted by atomic mass is 10.0. The highest BCUT2D eigenvalue weighted by Crippen LogP contribution is 2.44. The molecule has 4 heterocycles. The molecule has 4 aromatic heterocycles. The first kappa shape index (κ1) is 28.7. The Morgan fingerprint density at radius 3 is 1.82 bits per heavy atom. The van der Waals surface area contributed by atoms with E-state index in [0.717, 1.165) is 33.8 Å². The average molecular weight is 686 g/mol. The zero-order valence-electron chi connectivity index (χ0n) is 27.2. The van der Waals surface area contributed by atoms with Crippen LogP contribution in [0.5, 0.6) is 0 Å². The normalized spacial score (nSPS) is 11.9. The summed E-state index contributed by atoms with van der Waals surface area (Å²) in [5.41, 5.74) is 8.54. The molecular formula is C46H27N3S2. The van der Waals surface area contributed by atoms with Crippen LogP contribution < -0.4 is 0 Å². The van der Waals surface area contributed by atoms with Gasteiger partial charge < -0.3 is 4.57 Å². The molecule has 0 aliphatic carbocycles. The molecule has 51 heavy (non-hydrogen) atoms. The van der Waals surface area contributed by atoms with E-state index in [9.17, 15) is 0 Å². The van der Waals surface area contributed by atoms with E-state index in [4.69, 9.17) is 9.97 Å². The van der Waals surface area contributed by atoms with E-state index in [2.05, 4.69) is 162 Å². The minimum atomic E-state index is 0.713. The lowest BCUT2D eigenvalue weighted by Gasteiger charge is -2.12. The number of fused-ring (bicyclic) bond motifs is 10. The SMILES string of the molecule is c1ccc(-c2cc(-c3cccc4c3sc3ccccc34)nc(-c3ccc(-n4c5ccccc5c5c6sc7ccccc7c6ccc54)cc3)n2)cc1. The fraction of sp³-hybridized carbons (Fsp3) is 0. The van der Waals surface area contributed by atoms with Crippen molar-refractivity contribution in [2.75, 3.05) is 0 Å². The third-order valence-electron chi connectivity index (χ3n) is 10.0. The van der Waals surface area contributed by atoms with Crippen molar-refractivity contribution < 1.29 is 0 Å². The predicted molar refractivity (Wildman–Crippen MR) is 218 cm³/mol. The van der Waals surface area contributed by atoms with Crippen LogP contribution in [-0.2, 0) is 0 Å². The monoisotopic (exact) mass is 685 g/mol. The molecule has 0 saturated carbocycles. The highest BCUT2D eigenvalue weighted by Gasteiger charge is 2.19. The van der Waals surface area contributed by atoms with Crippen LogP contribution in [0.3, 0.4) is 0 Å². The second kappa shape index (κ2) is 11.2. The first-order valence-corrected chi connectivity index (χ1v) is 18.7. The van der Waals surface area contributed by atoms with Crippen molar-refractivity contribution in [1.29, 1.82) is 0 Å². The Morgan fingerprint density at radius 2 is 1.04 bits per heavy atom. The molecular weight excluding hydrogens is 659 g/mol. The van der Waals surface area contributed by atoms with Gasteiger partial charge in [-0.05, 0) is 54.6 Å². The van der Waals surface area contributed by atoms with E-state index >= 15 is 0 Å². The van der Waals surface area contributed by atoms with Gasteiger partial charge >= 0.3 is 0 Å². The maximum absolute atomic E-state index is 5.26. The summed E-state index contributed by atoms with van der Waals surface area (Å²) in [5.74, 6) is 0.713. The lowest BCUT2D eigenvalue weighted by molar-refractivity contribution is 1.16. The Hall–Kier alpha value is -6.14. The fourth-order valence-electron chi connectivity index (χ4n) is 7.69. The van der Waals surface area contributed by atoms with Gasteiger partial charge in [0, 0.05) is 73.5 Å². The van der Waals surface area contributed by atoms with E-state index < -0.39 is 0 Å². The summed E-state index contributed by atoms with van der Waals surface area (Å²) >= 11 is 3.71. The fourth-order valence-corrected chi connectivity index (χ4v) is 10.2. The van der Waals surface area contributed by atoms with Crippen LogP contribution in [0.25, 0.3) is 102 Å². The zero-order chi connectivity index (χ0) is 33.5. The molecule has 0 saturated heterocycles. The van der Waals surface area contributed by atoms with Gasteiger partial charge in [0.1, 0.15) is 0 Å². The summed E-state index contributed by atoms with van der Waals surface area (Å²) in [4.78, 5) is 10.4. The smallest absolute Gasteiger partial charge is 0.160 e. The molecule has 0 atom stereocenters. The van der Waals surface area contributed by atoms with E-state index in [0.29, 0.717) is 5.82 Å². The van der Waals surface area contributed by atoms with Crippen LogP contribution in [0.4, 0.5) is 0 Å². The minimum Gasteiger partial charge on any atom is -0.309 e. The summed E-state index contributed by atoms with van der Waals surface area (Å²) in [7, 11) is 0. The van der Waals surface area contributed by atoms with Crippen molar-refractivity contribution in [3.8, 4) is 39.6 Å². The number of hydrogen-bond acceptors (Lipinski definition) is 4. The Balaban J connectivity index is 1.08. The Morgan fingerprint density at radius 1 is 0.412 bits per heavy atom. The third-order valence-corrected chi connectivity index (χ3v) is 12.5. The molecule has 0 aliphatic rings. The number of benzene rings is 7. The van der Waals surface area contributed by atoms with Crippen molar-refractivity contribution in [1.82, 2.24) is 14.5 Å². The number of rotatable bonds is 4. The number of para-hydroxylation sites is 1. The molecule has 11 aromatic rings. The largest absolute Gasteiger partial charge is 0.309 e. The molecule has 0 N–H and O–H groups in total. The summed E-state index contributed by atoms with van der Waals surface area (Å²) in [6.07, 6.45) is 0. The number of hydrogen-bond donors (Lipinski definition) is 0. The van der Waals surface area contributed by atoms with Crippen LogP contribution >= 0.6 is 22.7 Å². The topological polar surface area (TPSA) is 30.7 Å². The van der Waals surface area contributed by atoms with Crippen molar-refractivity contribution >= 4 is 84.8 Å². The predicted octanol–water partition coefficient (Wildman–Crippen LogP) is 13.3. The molecule has 0 spiro atoms. The number of aromatic nitrogens is 3. The molecule has 7 aromatic carbocycles. The molecule has 5 heteroatoms. The average Bonchev–Trinajstić information content (AvgIpc) is 3.88. The first-order chi connectivity index (χ1) is 25.3. The minimum absolute atomic E-state index is 0.713. The first-order valence-electron chi connectivity index (χ1n) is 17.1. The van der Waals surface area contributed by atoms with Crippen LogP contribution in [0, 0.1) is 0 Å². The molecule has 0 aliphatic heterocycles. The second-order valence-electron chi connectivity index (χ2n) is 12.9. The number of nitrogens with zero attached hydrogens (tertiary/aromatic N) is 3. The highest BCUT2D eigenvalue weighted by molar-refractivity contribution is 7.27. The molecule has 0 amide bonds. The molecule has 0 bridgehead atoms. The van der Waals surface area contributed by atoms with Gasteiger partial charge in [-0.1, -0.05) is 109 Å². The molecule has 0 unspecified atom stereocenters. The second-order valence-corrected chi connectivity index (χ2v) is 15.0. The van der Waals surface area contributed by atoms with Crippen molar-refractivity contribution in [2.45, 2.75) is 0 Å². The lowest BCUT2D eigenvalue weighted by Crippen LogP contribution is -1.97. The quantitative estimate of drug-likeness (QED) is 0.185. The van der Waals surface area contributed by atoms with Gasteiger partial charge in [-0.25, -0.2) is 9.97 Å². The molecule has 0 fully saturated rings. The Labute approximate surface area is 301 Å². The third kappa shape index (κ3) is 4.42. The maximum Gasteiger partial charge on any atom is 0.160 e. The highest BCUT2D eigenvalue weighted by atomic mass is 32.1. The maximum atomic E-state index is 5.26. The van der Waals surface area contributed by atoms with E-state index in [1.54, 1.807) is 0 Å². The van der Waals surface area contributed by atoms with Crippen molar-refractivity contribution in [3.05, 3.63) is 164 Å². The van der Waals surface area contributed by atoms with Gasteiger partial charge in [-0.3, -0.25) is 0 Å². The van der Waals surface area contributed by atoms with Gasteiger partial charge in [-0.15, -0.1) is 22.7 Å². The summed E-state index contributed by atoms with van der Waals surface area (Å²) in [6.45, 7) is 0. The van der Waals surface area contributed by atoms with Crippen LogP contribution in [-0.4, -0.2) is 14.5 Å². The number of thiophene rings is 2. The van der Waals surface area contributed by atoms with E-state index in [1.807, 2.05) is 28.7 Å². The van der Waals surface area contributed by atoms with Gasteiger partial charge in [-0.2, -0.15) is 0 Å². The molecule has 238 valence electrons. The van der Waals surface area contributed by atoms with Gasteiger partial charge in [0.2, 0.25) is 0 Å². The van der Waals surface area contributed by atoms with E-state index in [-0.39, 0.29) is 0 Å². The summed E-state index contributed by atoms with van der Waals surface area (Å²) < 4.78 is 7.59. The van der Waals surface area contributed by atoms with Gasteiger partial charge in [0.25, 0.3) is 0 Å². The van der Waals surface area contributed by atoms with Crippen LogP contribution in [0.2, 0.25) is 0 Å². The standard InChI is InChI=1S/C46H27N3S2/c1-2-11-28(12-3-1)37-27-38(35-17-10-16-33-31-13-5-8-19-41(31)50-44(33)35)48-46(47-37)29-21-23-30(24-22-29)49-39-18-7-4-15-36(39)43-40(49)26-25-34-32-14-6-9-20-42(32)51-45(34)43/h1-27H. The molecule has 3 nitrogen and oxygen atoms in total. The zero-order valence-corrected chi connectivity index (χ0v) is 28.9. The molecule has 11 rings (SSSR count).